The molecule has 0 fully saturated rings. The molecule has 0 saturated heterocycles. The number of unbranched alkanes of at least 4 members (excludes halogenated alkanes) is 46. The molecule has 3 N–H and O–H groups in total. The number of hydrogen-bond donors (Lipinski definition) is 3. The minimum atomic E-state index is -0.847. The van der Waals surface area contributed by atoms with Gasteiger partial charge in [-0.3, -0.25) is 9.59 Å². The summed E-state index contributed by atoms with van der Waals surface area (Å²) < 4.78 is 5.49. The largest absolute Gasteiger partial charge is 0.466 e. The topological polar surface area (TPSA) is 95.9 Å². The quantitative estimate of drug-likeness (QED) is 0.0321. The Labute approximate surface area is 437 Å². The fraction of sp³-hybridized carbons (Fsp3) is 0.906. The van der Waals surface area contributed by atoms with Crippen LogP contribution in [0.5, 0.6) is 0 Å². The van der Waals surface area contributed by atoms with Gasteiger partial charge in [-0.05, 0) is 57.8 Å². The third-order valence-corrected chi connectivity index (χ3v) is 14.7. The first kappa shape index (κ1) is 68.3. The van der Waals surface area contributed by atoms with Crippen LogP contribution in [0.4, 0.5) is 0 Å². The number of aliphatic hydroxyl groups is 2. The molecular weight excluding hydrogens is 863 g/mol. The van der Waals surface area contributed by atoms with E-state index in [1.165, 1.54) is 276 Å². The summed E-state index contributed by atoms with van der Waals surface area (Å²) in [4.78, 5) is 24.5. The monoisotopic (exact) mass is 986 g/mol. The summed E-state index contributed by atoms with van der Waals surface area (Å²) in [5.41, 5.74) is 0. The summed E-state index contributed by atoms with van der Waals surface area (Å²) in [5.74, 6) is -0.0582. The molecule has 0 aliphatic heterocycles. The van der Waals surface area contributed by atoms with Crippen molar-refractivity contribution in [3.8, 4) is 0 Å². The number of aliphatic hydroxyl groups excluding tert-OH is 2. The molecule has 0 saturated carbocycles. The molecule has 0 heterocycles. The molecule has 6 heteroatoms. The van der Waals surface area contributed by atoms with E-state index in [-0.39, 0.29) is 18.5 Å². The highest BCUT2D eigenvalue weighted by Crippen LogP contribution is 2.17. The first-order valence-electron chi connectivity index (χ1n) is 31.6. The maximum absolute atomic E-state index is 12.5. The van der Waals surface area contributed by atoms with Gasteiger partial charge in [0.05, 0.1) is 25.4 Å². The van der Waals surface area contributed by atoms with Crippen LogP contribution in [-0.4, -0.2) is 47.4 Å². The molecular formula is C64H123NO5. The van der Waals surface area contributed by atoms with Crippen LogP contribution in [0.25, 0.3) is 0 Å². The minimum absolute atomic E-state index is 0.0148. The maximum Gasteiger partial charge on any atom is 0.305 e. The average molecular weight is 987 g/mol. The van der Waals surface area contributed by atoms with Gasteiger partial charge < -0.3 is 20.3 Å². The lowest BCUT2D eigenvalue weighted by Crippen LogP contribution is -2.45. The molecule has 0 aromatic carbocycles. The highest BCUT2D eigenvalue weighted by atomic mass is 16.5. The summed E-state index contributed by atoms with van der Waals surface area (Å²) in [6.45, 7) is 4.92. The van der Waals surface area contributed by atoms with E-state index < -0.39 is 12.1 Å². The lowest BCUT2D eigenvalue weighted by molar-refractivity contribution is -0.143. The van der Waals surface area contributed by atoms with Crippen LogP contribution in [-0.2, 0) is 14.3 Å². The minimum Gasteiger partial charge on any atom is -0.466 e. The number of allylic oxidation sites excluding steroid dienone is 3. The van der Waals surface area contributed by atoms with Crippen molar-refractivity contribution in [1.29, 1.82) is 0 Å². The van der Waals surface area contributed by atoms with Crippen molar-refractivity contribution in [2.24, 2.45) is 0 Å². The van der Waals surface area contributed by atoms with Gasteiger partial charge in [-0.1, -0.05) is 301 Å². The van der Waals surface area contributed by atoms with Crippen LogP contribution in [0, 0.1) is 0 Å². The molecule has 0 aliphatic carbocycles. The molecule has 0 aromatic rings. The molecule has 414 valence electrons. The second kappa shape index (κ2) is 59.9. The van der Waals surface area contributed by atoms with E-state index in [1.54, 1.807) is 6.08 Å². The summed E-state index contributed by atoms with van der Waals surface area (Å²) in [6.07, 6.45) is 73.6. The predicted octanol–water partition coefficient (Wildman–Crippen LogP) is 19.8. The Morgan fingerprint density at radius 2 is 0.671 bits per heavy atom. The molecule has 0 rings (SSSR count). The van der Waals surface area contributed by atoms with Crippen LogP contribution in [0.3, 0.4) is 0 Å². The van der Waals surface area contributed by atoms with E-state index >= 15 is 0 Å². The Kier molecular flexibility index (Phi) is 58.5. The Morgan fingerprint density at radius 1 is 0.386 bits per heavy atom. The van der Waals surface area contributed by atoms with Gasteiger partial charge in [0.1, 0.15) is 0 Å². The smallest absolute Gasteiger partial charge is 0.305 e. The van der Waals surface area contributed by atoms with Gasteiger partial charge in [0, 0.05) is 12.8 Å². The van der Waals surface area contributed by atoms with E-state index in [0.29, 0.717) is 19.4 Å². The number of nitrogens with one attached hydrogen (secondary N) is 1. The van der Waals surface area contributed by atoms with Gasteiger partial charge in [0.25, 0.3) is 0 Å². The van der Waals surface area contributed by atoms with E-state index in [1.807, 2.05) is 6.08 Å². The first-order chi connectivity index (χ1) is 34.5. The molecule has 2 unspecified atom stereocenters. The predicted molar refractivity (Wildman–Crippen MR) is 306 cm³/mol. The number of carbonyl (C=O) groups is 2. The molecule has 70 heavy (non-hydrogen) atoms. The molecule has 0 bridgehead atoms. The number of ether oxygens (including phenoxy) is 1. The lowest BCUT2D eigenvalue weighted by atomic mass is 10.0. The van der Waals surface area contributed by atoms with Crippen molar-refractivity contribution in [1.82, 2.24) is 5.32 Å². The number of hydrogen-bond acceptors (Lipinski definition) is 5. The Balaban J connectivity index is 3.41. The summed E-state index contributed by atoms with van der Waals surface area (Å²) in [7, 11) is 0. The molecule has 6 nitrogen and oxygen atoms in total. The number of rotatable bonds is 59. The van der Waals surface area contributed by atoms with Crippen LogP contribution < -0.4 is 5.32 Å². The number of carbonyl (C=O) groups excluding carboxylic acids is 2. The molecule has 0 spiro atoms. The third-order valence-electron chi connectivity index (χ3n) is 14.7. The Hall–Kier alpha value is -1.66. The van der Waals surface area contributed by atoms with Crippen molar-refractivity contribution >= 4 is 11.9 Å². The zero-order valence-electron chi connectivity index (χ0n) is 47.3. The highest BCUT2D eigenvalue weighted by molar-refractivity contribution is 5.76. The molecule has 2 atom stereocenters. The SMILES string of the molecule is CCCCCCCCCCCCCC/C=C/C(O)C(CO)NC(=O)CCCCCCCCC/C=C\CCCCCCCCCCCCCCOC(=O)CCCCCCCCCCCCCCCCCC. The van der Waals surface area contributed by atoms with Gasteiger partial charge in [-0.15, -0.1) is 0 Å². The van der Waals surface area contributed by atoms with Crippen LogP contribution in [0.2, 0.25) is 0 Å². The Bertz CT molecular complexity index is 1090. The van der Waals surface area contributed by atoms with Crippen molar-refractivity contribution in [2.75, 3.05) is 13.2 Å². The molecule has 0 aliphatic rings. The fourth-order valence-electron chi connectivity index (χ4n) is 9.87. The van der Waals surface area contributed by atoms with Crippen molar-refractivity contribution in [3.05, 3.63) is 24.3 Å². The van der Waals surface area contributed by atoms with Gasteiger partial charge in [-0.25, -0.2) is 0 Å². The summed E-state index contributed by atoms with van der Waals surface area (Å²) >= 11 is 0. The van der Waals surface area contributed by atoms with Crippen LogP contribution >= 0.6 is 0 Å². The van der Waals surface area contributed by atoms with Gasteiger partial charge >= 0.3 is 5.97 Å². The number of amides is 1. The summed E-state index contributed by atoms with van der Waals surface area (Å²) in [6, 6.07) is -0.631. The summed E-state index contributed by atoms with van der Waals surface area (Å²) in [5, 5.41) is 23.1. The zero-order valence-corrected chi connectivity index (χ0v) is 47.3. The van der Waals surface area contributed by atoms with Gasteiger partial charge in [-0.2, -0.15) is 0 Å². The second-order valence-electron chi connectivity index (χ2n) is 21.7. The van der Waals surface area contributed by atoms with Gasteiger partial charge in [0.15, 0.2) is 0 Å². The fourth-order valence-corrected chi connectivity index (χ4v) is 9.87. The lowest BCUT2D eigenvalue weighted by Gasteiger charge is -2.20. The van der Waals surface area contributed by atoms with E-state index in [4.69, 9.17) is 4.74 Å². The second-order valence-corrected chi connectivity index (χ2v) is 21.7. The normalized spacial score (nSPS) is 12.7. The van der Waals surface area contributed by atoms with E-state index in [2.05, 4.69) is 31.3 Å². The molecule has 0 radical (unpaired) electrons. The number of esters is 1. The third kappa shape index (κ3) is 55.7. The standard InChI is InChI=1S/C64H123NO5/c1-3-5-7-9-11-13-15-17-19-30-34-38-42-46-50-54-58-64(69)70-59-55-51-47-43-39-35-31-28-26-24-22-20-21-23-25-27-29-33-37-41-45-49-53-57-63(68)65-61(60-66)62(67)56-52-48-44-40-36-32-18-16-14-12-10-8-6-4-2/h23,25,52,56,61-62,66-67H,3-22,24,26-51,53-55,57-60H2,1-2H3,(H,65,68)/b25-23-,56-52+. The van der Waals surface area contributed by atoms with Crippen molar-refractivity contribution < 1.29 is 24.5 Å². The van der Waals surface area contributed by atoms with Gasteiger partial charge in [0.2, 0.25) is 5.91 Å². The first-order valence-corrected chi connectivity index (χ1v) is 31.6. The van der Waals surface area contributed by atoms with E-state index in [0.717, 1.165) is 44.9 Å². The molecule has 1 amide bonds. The maximum atomic E-state index is 12.5. The molecule has 0 aromatic heterocycles. The highest BCUT2D eigenvalue weighted by Gasteiger charge is 2.18. The van der Waals surface area contributed by atoms with Crippen molar-refractivity contribution in [3.63, 3.8) is 0 Å². The average Bonchev–Trinajstić information content (AvgIpc) is 3.36. The zero-order chi connectivity index (χ0) is 50.7. The van der Waals surface area contributed by atoms with Crippen LogP contribution in [0.15, 0.2) is 24.3 Å². The Morgan fingerprint density at radius 3 is 1.01 bits per heavy atom. The van der Waals surface area contributed by atoms with Crippen molar-refractivity contribution in [2.45, 2.75) is 360 Å². The van der Waals surface area contributed by atoms with E-state index in [9.17, 15) is 19.8 Å². The van der Waals surface area contributed by atoms with Crippen LogP contribution in [0.1, 0.15) is 348 Å².